The zero-order valence-corrected chi connectivity index (χ0v) is 12.5. The zero-order chi connectivity index (χ0) is 14.1. The van der Waals surface area contributed by atoms with Crippen molar-refractivity contribution in [3.63, 3.8) is 0 Å². The van der Waals surface area contributed by atoms with E-state index in [4.69, 9.17) is 9.47 Å². The van der Waals surface area contributed by atoms with E-state index < -0.39 is 0 Å². The molecule has 0 aliphatic heterocycles. The summed E-state index contributed by atoms with van der Waals surface area (Å²) >= 11 is 0. The van der Waals surface area contributed by atoms with Crippen LogP contribution < -0.4 is 10.1 Å². The van der Waals surface area contributed by atoms with Gasteiger partial charge >= 0.3 is 0 Å². The number of ether oxygens (including phenoxy) is 2. The maximum Gasteiger partial charge on any atom is 0.127 e. The van der Waals surface area contributed by atoms with Crippen LogP contribution in [0.4, 0.5) is 0 Å². The molecule has 1 heterocycles. The molecule has 1 aromatic rings. The van der Waals surface area contributed by atoms with E-state index in [0.717, 1.165) is 36.5 Å². The zero-order valence-electron chi connectivity index (χ0n) is 12.5. The molecule has 0 saturated carbocycles. The lowest BCUT2D eigenvalue weighted by Crippen LogP contribution is -2.21. The summed E-state index contributed by atoms with van der Waals surface area (Å²) in [7, 11) is 0. The molecule has 0 radical (unpaired) electrons. The lowest BCUT2D eigenvalue weighted by molar-refractivity contribution is 0.0651. The molecule has 1 N–H and O–H groups in total. The van der Waals surface area contributed by atoms with Gasteiger partial charge in [0.15, 0.2) is 0 Å². The molecule has 1 aromatic heterocycles. The van der Waals surface area contributed by atoms with Gasteiger partial charge in [0.25, 0.3) is 0 Å². The van der Waals surface area contributed by atoms with E-state index in [1.165, 1.54) is 0 Å². The normalized spacial score (nSPS) is 12.4. The van der Waals surface area contributed by atoms with Crippen molar-refractivity contribution in [3.8, 4) is 5.75 Å². The largest absolute Gasteiger partial charge is 0.488 e. The fraction of sp³-hybridized carbons (Fsp3) is 0.667. The molecule has 0 amide bonds. The van der Waals surface area contributed by atoms with Crippen molar-refractivity contribution in [1.29, 1.82) is 0 Å². The number of aryl methyl sites for hydroxylation is 1. The molecule has 0 aliphatic carbocycles. The Morgan fingerprint density at radius 2 is 2.16 bits per heavy atom. The molecular weight excluding hydrogens is 240 g/mol. The van der Waals surface area contributed by atoms with Crippen LogP contribution in [-0.4, -0.2) is 30.8 Å². The quantitative estimate of drug-likeness (QED) is 0.698. The van der Waals surface area contributed by atoms with Crippen molar-refractivity contribution in [2.45, 2.75) is 46.8 Å². The average molecular weight is 266 g/mol. The first-order valence-electron chi connectivity index (χ1n) is 7.08. The van der Waals surface area contributed by atoms with Crippen LogP contribution in [0.25, 0.3) is 0 Å². The fourth-order valence-corrected chi connectivity index (χ4v) is 1.74. The Morgan fingerprint density at radius 1 is 1.37 bits per heavy atom. The number of aromatic nitrogens is 1. The van der Waals surface area contributed by atoms with E-state index in [9.17, 15) is 0 Å². The number of nitrogens with one attached hydrogen (secondary N) is 1. The predicted molar refractivity (Wildman–Crippen MR) is 77.6 cm³/mol. The van der Waals surface area contributed by atoms with Gasteiger partial charge in [0.2, 0.25) is 0 Å². The van der Waals surface area contributed by atoms with Crippen LogP contribution in [0.15, 0.2) is 12.3 Å². The highest BCUT2D eigenvalue weighted by atomic mass is 16.5. The van der Waals surface area contributed by atoms with Crippen molar-refractivity contribution in [2.75, 3.05) is 19.8 Å². The first-order chi connectivity index (χ1) is 9.17. The highest BCUT2D eigenvalue weighted by Gasteiger charge is 2.09. The van der Waals surface area contributed by atoms with Gasteiger partial charge < -0.3 is 14.8 Å². The minimum Gasteiger partial charge on any atom is -0.488 e. The molecule has 4 nitrogen and oxygen atoms in total. The molecule has 0 saturated heterocycles. The molecule has 108 valence electrons. The van der Waals surface area contributed by atoms with Crippen LogP contribution >= 0.6 is 0 Å². The minimum absolute atomic E-state index is 0.0478. The van der Waals surface area contributed by atoms with Gasteiger partial charge in [-0.1, -0.05) is 6.92 Å². The molecule has 0 bridgehead atoms. The second kappa shape index (κ2) is 8.88. The summed E-state index contributed by atoms with van der Waals surface area (Å²) in [5.41, 5.74) is 2.07. The average Bonchev–Trinajstić information content (AvgIpc) is 2.39. The van der Waals surface area contributed by atoms with Gasteiger partial charge in [-0.25, -0.2) is 0 Å². The number of rotatable bonds is 9. The first kappa shape index (κ1) is 15.9. The SMILES string of the molecule is CCCNCc1cnc(C)cc1OC(C)COCC. The van der Waals surface area contributed by atoms with Gasteiger partial charge in [-0.2, -0.15) is 0 Å². The number of hydrogen-bond acceptors (Lipinski definition) is 4. The van der Waals surface area contributed by atoms with E-state index in [-0.39, 0.29) is 6.10 Å². The summed E-state index contributed by atoms with van der Waals surface area (Å²) in [5.74, 6) is 0.906. The molecule has 0 aliphatic rings. The number of hydrogen-bond donors (Lipinski definition) is 1. The van der Waals surface area contributed by atoms with Gasteiger partial charge in [-0.15, -0.1) is 0 Å². The third-order valence-electron chi connectivity index (χ3n) is 2.71. The highest BCUT2D eigenvalue weighted by Crippen LogP contribution is 2.20. The molecule has 0 fully saturated rings. The Balaban J connectivity index is 2.64. The predicted octanol–water partition coefficient (Wildman–Crippen LogP) is 2.69. The molecule has 1 unspecified atom stereocenters. The number of pyridine rings is 1. The molecule has 1 atom stereocenters. The fourth-order valence-electron chi connectivity index (χ4n) is 1.74. The lowest BCUT2D eigenvalue weighted by atomic mass is 10.2. The summed E-state index contributed by atoms with van der Waals surface area (Å²) < 4.78 is 11.3. The van der Waals surface area contributed by atoms with Crippen LogP contribution in [0.1, 0.15) is 38.4 Å². The number of nitrogens with zero attached hydrogens (tertiary/aromatic N) is 1. The standard InChI is InChI=1S/C15H26N2O2/c1-5-7-16-9-14-10-17-12(3)8-15(14)19-13(4)11-18-6-2/h8,10,13,16H,5-7,9,11H2,1-4H3. The van der Waals surface area contributed by atoms with Crippen LogP contribution in [0.2, 0.25) is 0 Å². The molecule has 19 heavy (non-hydrogen) atoms. The van der Waals surface area contributed by atoms with Crippen LogP contribution in [0.5, 0.6) is 5.75 Å². The van der Waals surface area contributed by atoms with Crippen molar-refractivity contribution in [1.82, 2.24) is 10.3 Å². The Kier molecular flexibility index (Phi) is 7.45. The van der Waals surface area contributed by atoms with Gasteiger partial charge in [-0.3, -0.25) is 4.98 Å². The Hall–Kier alpha value is -1.13. The van der Waals surface area contributed by atoms with Gasteiger partial charge in [0, 0.05) is 36.7 Å². The van der Waals surface area contributed by atoms with Crippen molar-refractivity contribution in [3.05, 3.63) is 23.5 Å². The van der Waals surface area contributed by atoms with E-state index in [1.54, 1.807) is 0 Å². The van der Waals surface area contributed by atoms with Crippen molar-refractivity contribution < 1.29 is 9.47 Å². The van der Waals surface area contributed by atoms with E-state index in [2.05, 4.69) is 17.2 Å². The monoisotopic (exact) mass is 266 g/mol. The molecule has 0 aromatic carbocycles. The van der Waals surface area contributed by atoms with E-state index in [0.29, 0.717) is 13.2 Å². The smallest absolute Gasteiger partial charge is 0.127 e. The topological polar surface area (TPSA) is 43.4 Å². The summed E-state index contributed by atoms with van der Waals surface area (Å²) in [5, 5.41) is 3.38. The Bertz CT molecular complexity index is 369. The van der Waals surface area contributed by atoms with E-state index in [1.807, 2.05) is 33.0 Å². The van der Waals surface area contributed by atoms with Crippen molar-refractivity contribution in [2.24, 2.45) is 0 Å². The van der Waals surface area contributed by atoms with Crippen LogP contribution in [0, 0.1) is 6.92 Å². The van der Waals surface area contributed by atoms with Gasteiger partial charge in [-0.05, 0) is 33.7 Å². The van der Waals surface area contributed by atoms with Crippen LogP contribution in [0.3, 0.4) is 0 Å². The van der Waals surface area contributed by atoms with Gasteiger partial charge in [0.05, 0.1) is 6.61 Å². The van der Waals surface area contributed by atoms with Crippen molar-refractivity contribution >= 4 is 0 Å². The molecule has 4 heteroatoms. The molecular formula is C15H26N2O2. The van der Waals surface area contributed by atoms with Crippen LogP contribution in [-0.2, 0) is 11.3 Å². The van der Waals surface area contributed by atoms with E-state index >= 15 is 0 Å². The minimum atomic E-state index is 0.0478. The summed E-state index contributed by atoms with van der Waals surface area (Å²) in [6, 6.07) is 1.99. The Morgan fingerprint density at radius 3 is 2.84 bits per heavy atom. The summed E-state index contributed by atoms with van der Waals surface area (Å²) in [4.78, 5) is 4.34. The Labute approximate surface area is 116 Å². The molecule has 0 spiro atoms. The lowest BCUT2D eigenvalue weighted by Gasteiger charge is -2.18. The third-order valence-corrected chi connectivity index (χ3v) is 2.71. The maximum atomic E-state index is 5.95. The summed E-state index contributed by atoms with van der Waals surface area (Å²) in [6.07, 6.45) is 3.06. The second-order valence-corrected chi connectivity index (χ2v) is 4.70. The summed E-state index contributed by atoms with van der Waals surface area (Å²) in [6.45, 7) is 11.3. The maximum absolute atomic E-state index is 5.95. The first-order valence-corrected chi connectivity index (χ1v) is 7.08. The third kappa shape index (κ3) is 6.03. The highest BCUT2D eigenvalue weighted by molar-refractivity contribution is 5.33. The van der Waals surface area contributed by atoms with Gasteiger partial charge in [0.1, 0.15) is 11.9 Å². The molecule has 1 rings (SSSR count). The second-order valence-electron chi connectivity index (χ2n) is 4.70.